The van der Waals surface area contributed by atoms with Gasteiger partial charge in [-0.05, 0) is 61.9 Å². The predicted molar refractivity (Wildman–Crippen MR) is 99.1 cm³/mol. The lowest BCUT2D eigenvalue weighted by molar-refractivity contribution is -0.116. The normalized spacial score (nSPS) is 14.0. The topological polar surface area (TPSA) is 59.8 Å². The Morgan fingerprint density at radius 3 is 2.88 bits per heavy atom. The van der Waals surface area contributed by atoms with Crippen LogP contribution in [0.3, 0.4) is 0 Å². The minimum Gasteiger partial charge on any atom is -0.324 e. The smallest absolute Gasteiger partial charge is 0.246 e. The molecule has 1 fully saturated rings. The first-order valence-electron chi connectivity index (χ1n) is 8.41. The molecule has 3 aromatic rings. The number of hydrogen-bond donors (Lipinski definition) is 1. The molecule has 2 aromatic heterocycles. The van der Waals surface area contributed by atoms with Gasteiger partial charge in [0.05, 0.1) is 5.69 Å². The first kappa shape index (κ1) is 16.1. The molecule has 0 bridgehead atoms. The maximum absolute atomic E-state index is 12.5. The van der Waals surface area contributed by atoms with E-state index in [2.05, 4.69) is 21.5 Å². The summed E-state index contributed by atoms with van der Waals surface area (Å²) in [5.41, 5.74) is 4.59. The molecule has 5 nitrogen and oxygen atoms in total. The molecular formula is C19H19ClN4O. The van der Waals surface area contributed by atoms with Gasteiger partial charge in [-0.15, -0.1) is 0 Å². The highest BCUT2D eigenvalue weighted by Crippen LogP contribution is 2.43. The van der Waals surface area contributed by atoms with E-state index < -0.39 is 0 Å². The van der Waals surface area contributed by atoms with Crippen molar-refractivity contribution in [2.45, 2.75) is 39.2 Å². The molecule has 2 heterocycles. The second-order valence-electron chi connectivity index (χ2n) is 6.58. The summed E-state index contributed by atoms with van der Waals surface area (Å²) >= 11 is 6.11. The van der Waals surface area contributed by atoms with Gasteiger partial charge in [-0.1, -0.05) is 17.7 Å². The summed E-state index contributed by atoms with van der Waals surface area (Å²) in [6, 6.07) is 7.55. The van der Waals surface area contributed by atoms with Gasteiger partial charge >= 0.3 is 0 Å². The Balaban J connectivity index is 1.61. The molecule has 0 spiro atoms. The molecule has 0 radical (unpaired) electrons. The third kappa shape index (κ3) is 3.00. The Kier molecular flexibility index (Phi) is 3.96. The van der Waals surface area contributed by atoms with Crippen LogP contribution in [0.2, 0.25) is 5.02 Å². The van der Waals surface area contributed by atoms with E-state index in [4.69, 9.17) is 11.6 Å². The fraction of sp³-hybridized carbons (Fsp3) is 0.316. The van der Waals surface area contributed by atoms with Crippen molar-refractivity contribution in [1.29, 1.82) is 0 Å². The van der Waals surface area contributed by atoms with Crippen molar-refractivity contribution in [2.75, 3.05) is 5.32 Å². The molecule has 25 heavy (non-hydrogen) atoms. The van der Waals surface area contributed by atoms with E-state index in [1.165, 1.54) is 18.4 Å². The molecule has 1 aliphatic carbocycles. The van der Waals surface area contributed by atoms with Crippen molar-refractivity contribution in [1.82, 2.24) is 14.8 Å². The summed E-state index contributed by atoms with van der Waals surface area (Å²) in [4.78, 5) is 17.0. The van der Waals surface area contributed by atoms with Crippen LogP contribution in [-0.2, 0) is 11.3 Å². The van der Waals surface area contributed by atoms with Crippen molar-refractivity contribution in [3.63, 3.8) is 0 Å². The molecule has 1 aromatic carbocycles. The lowest BCUT2D eigenvalue weighted by Crippen LogP contribution is -2.20. The maximum Gasteiger partial charge on any atom is 0.246 e. The maximum atomic E-state index is 12.5. The van der Waals surface area contributed by atoms with E-state index in [0.29, 0.717) is 10.9 Å². The van der Waals surface area contributed by atoms with Crippen LogP contribution in [0.15, 0.2) is 30.5 Å². The predicted octanol–water partition coefficient (Wildman–Crippen LogP) is 4.22. The zero-order valence-corrected chi connectivity index (χ0v) is 15.0. The molecule has 1 saturated carbocycles. The van der Waals surface area contributed by atoms with Crippen molar-refractivity contribution >= 4 is 34.2 Å². The van der Waals surface area contributed by atoms with Crippen molar-refractivity contribution in [3.8, 4) is 0 Å². The van der Waals surface area contributed by atoms with Gasteiger partial charge < -0.3 is 5.32 Å². The Labute approximate surface area is 151 Å². The molecule has 6 heteroatoms. The van der Waals surface area contributed by atoms with E-state index >= 15 is 0 Å². The summed E-state index contributed by atoms with van der Waals surface area (Å²) < 4.78 is 1.69. The number of pyridine rings is 1. The number of aryl methyl sites for hydroxylation is 1. The Morgan fingerprint density at radius 1 is 1.32 bits per heavy atom. The highest BCUT2D eigenvalue weighted by molar-refractivity contribution is 6.31. The fourth-order valence-electron chi connectivity index (χ4n) is 3.22. The number of anilines is 1. The van der Waals surface area contributed by atoms with E-state index in [-0.39, 0.29) is 12.5 Å². The van der Waals surface area contributed by atoms with Crippen LogP contribution in [0.4, 0.5) is 5.69 Å². The van der Waals surface area contributed by atoms with E-state index in [1.54, 1.807) is 10.7 Å². The van der Waals surface area contributed by atoms with Crippen LogP contribution >= 0.6 is 11.6 Å². The number of amides is 1. The number of fused-ring (bicyclic) bond motifs is 1. The fourth-order valence-corrected chi connectivity index (χ4v) is 3.40. The van der Waals surface area contributed by atoms with Crippen LogP contribution in [0, 0.1) is 13.8 Å². The third-order valence-electron chi connectivity index (χ3n) is 4.69. The van der Waals surface area contributed by atoms with Gasteiger partial charge in [0.1, 0.15) is 6.54 Å². The number of aromatic nitrogens is 3. The average Bonchev–Trinajstić information content (AvgIpc) is 3.38. The number of rotatable bonds is 4. The number of nitrogens with zero attached hydrogens (tertiary/aromatic N) is 3. The van der Waals surface area contributed by atoms with Gasteiger partial charge in [-0.2, -0.15) is 5.10 Å². The zero-order valence-electron chi connectivity index (χ0n) is 14.2. The summed E-state index contributed by atoms with van der Waals surface area (Å²) in [7, 11) is 0. The molecule has 128 valence electrons. The van der Waals surface area contributed by atoms with Crippen LogP contribution in [-0.4, -0.2) is 20.7 Å². The molecular weight excluding hydrogens is 336 g/mol. The van der Waals surface area contributed by atoms with Gasteiger partial charge in [0.2, 0.25) is 5.91 Å². The number of nitrogens with one attached hydrogen (secondary N) is 1. The van der Waals surface area contributed by atoms with E-state index in [9.17, 15) is 4.79 Å². The summed E-state index contributed by atoms with van der Waals surface area (Å²) in [5.74, 6) is 0.471. The minimum absolute atomic E-state index is 0.122. The Morgan fingerprint density at radius 2 is 2.12 bits per heavy atom. The monoisotopic (exact) mass is 354 g/mol. The number of carbonyl (C=O) groups excluding carboxylic acids is 1. The lowest BCUT2D eigenvalue weighted by atomic mass is 10.1. The third-order valence-corrected chi connectivity index (χ3v) is 5.10. The summed E-state index contributed by atoms with van der Waals surface area (Å²) in [6.45, 7) is 3.98. The highest BCUT2D eigenvalue weighted by Gasteiger charge is 2.27. The van der Waals surface area contributed by atoms with Crippen LogP contribution < -0.4 is 5.32 Å². The summed E-state index contributed by atoms with van der Waals surface area (Å²) in [6.07, 6.45) is 4.25. The first-order valence-corrected chi connectivity index (χ1v) is 8.79. The van der Waals surface area contributed by atoms with E-state index in [1.807, 2.05) is 32.2 Å². The number of benzene rings is 1. The quantitative estimate of drug-likeness (QED) is 0.763. The molecule has 1 amide bonds. The molecule has 1 N–H and O–H groups in total. The van der Waals surface area contributed by atoms with Gasteiger partial charge in [0, 0.05) is 22.3 Å². The second kappa shape index (κ2) is 6.15. The largest absolute Gasteiger partial charge is 0.324 e. The molecule has 0 atom stereocenters. The van der Waals surface area contributed by atoms with Gasteiger partial charge in [-0.25, -0.2) is 9.67 Å². The number of carbonyl (C=O) groups is 1. The molecule has 0 unspecified atom stereocenters. The highest BCUT2D eigenvalue weighted by atomic mass is 35.5. The Bertz CT molecular complexity index is 975. The standard InChI is InChI=1S/C19H19ClN4O/c1-11-15(20)4-3-5-16(11)22-17(25)10-24-19-18(12(2)23-24)14(8-9-21-19)13-6-7-13/h3-5,8-9,13H,6-7,10H2,1-2H3,(H,22,25). The van der Waals surface area contributed by atoms with Crippen LogP contribution in [0.1, 0.15) is 35.6 Å². The van der Waals surface area contributed by atoms with Crippen molar-refractivity contribution in [3.05, 3.63) is 52.3 Å². The van der Waals surface area contributed by atoms with Gasteiger partial charge in [0.25, 0.3) is 0 Å². The molecule has 0 aliphatic heterocycles. The SMILES string of the molecule is Cc1c(Cl)cccc1NC(=O)Cn1nc(C)c2c(C3CC3)ccnc21. The van der Waals surface area contributed by atoms with Crippen molar-refractivity contribution in [2.24, 2.45) is 0 Å². The average molecular weight is 355 g/mol. The van der Waals surface area contributed by atoms with Gasteiger partial charge in [0.15, 0.2) is 5.65 Å². The van der Waals surface area contributed by atoms with E-state index in [0.717, 1.165) is 28.0 Å². The summed E-state index contributed by atoms with van der Waals surface area (Å²) in [5, 5.41) is 9.19. The molecule has 0 saturated heterocycles. The molecule has 1 aliphatic rings. The zero-order chi connectivity index (χ0) is 17.6. The Hall–Kier alpha value is -2.40. The minimum atomic E-state index is -0.145. The molecule has 4 rings (SSSR count). The lowest BCUT2D eigenvalue weighted by Gasteiger charge is -2.10. The number of halogens is 1. The van der Waals surface area contributed by atoms with Crippen LogP contribution in [0.5, 0.6) is 0 Å². The second-order valence-corrected chi connectivity index (χ2v) is 6.98. The number of hydrogen-bond acceptors (Lipinski definition) is 3. The van der Waals surface area contributed by atoms with Gasteiger partial charge in [-0.3, -0.25) is 4.79 Å². The first-order chi connectivity index (χ1) is 12.0. The van der Waals surface area contributed by atoms with Crippen LogP contribution in [0.25, 0.3) is 11.0 Å². The van der Waals surface area contributed by atoms with Crippen molar-refractivity contribution < 1.29 is 4.79 Å².